The third kappa shape index (κ3) is 4.98. The standard InChI is InChI=1S/C51H31N5S/c1-3-15-32(16-4-1)49-52-50(33-17-5-2-6-18-33)54-51(53-49)39-28-27-34(29-45(39)56-43-24-12-7-19-35(43)36-20-8-13-25-44(36)56)55-42-23-11-9-21-37(42)40-31-48-41(30-46(40)55)38-22-10-14-26-47(38)57-48/h1-31H. The van der Waals surface area contributed by atoms with Gasteiger partial charge in [0.15, 0.2) is 17.5 Å². The molecule has 6 heteroatoms. The lowest BCUT2D eigenvalue weighted by Crippen LogP contribution is -2.05. The van der Waals surface area contributed by atoms with Crippen molar-refractivity contribution in [2.24, 2.45) is 0 Å². The van der Waals surface area contributed by atoms with Gasteiger partial charge in [0.05, 0.1) is 27.8 Å². The Bertz CT molecular complexity index is 3410. The molecule has 4 aromatic heterocycles. The third-order valence-electron chi connectivity index (χ3n) is 11.2. The zero-order chi connectivity index (χ0) is 37.5. The fourth-order valence-electron chi connectivity index (χ4n) is 8.61. The largest absolute Gasteiger partial charge is 0.309 e. The molecule has 0 saturated carbocycles. The van der Waals surface area contributed by atoms with Gasteiger partial charge in [0.2, 0.25) is 0 Å². The quantitative estimate of drug-likeness (QED) is 0.176. The highest BCUT2D eigenvalue weighted by Crippen LogP contribution is 2.42. The van der Waals surface area contributed by atoms with Crippen LogP contribution in [0.1, 0.15) is 0 Å². The summed E-state index contributed by atoms with van der Waals surface area (Å²) in [7, 11) is 0. The maximum atomic E-state index is 5.24. The van der Waals surface area contributed by atoms with Crippen molar-refractivity contribution in [1.82, 2.24) is 24.1 Å². The van der Waals surface area contributed by atoms with Crippen LogP contribution in [0.4, 0.5) is 0 Å². The van der Waals surface area contributed by atoms with E-state index in [2.05, 4.69) is 161 Å². The molecule has 0 fully saturated rings. The zero-order valence-electron chi connectivity index (χ0n) is 30.5. The highest BCUT2D eigenvalue weighted by molar-refractivity contribution is 7.25. The summed E-state index contributed by atoms with van der Waals surface area (Å²) in [5.41, 5.74) is 9.39. The molecule has 12 aromatic rings. The van der Waals surface area contributed by atoms with Gasteiger partial charge in [-0.3, -0.25) is 0 Å². The molecule has 8 aromatic carbocycles. The van der Waals surface area contributed by atoms with Crippen LogP contribution in [0, 0.1) is 0 Å². The van der Waals surface area contributed by atoms with Crippen LogP contribution in [0.25, 0.3) is 109 Å². The molecule has 0 unspecified atom stereocenters. The maximum Gasteiger partial charge on any atom is 0.166 e. The monoisotopic (exact) mass is 745 g/mol. The predicted octanol–water partition coefficient (Wildman–Crippen LogP) is 13.4. The summed E-state index contributed by atoms with van der Waals surface area (Å²) < 4.78 is 7.41. The van der Waals surface area contributed by atoms with Crippen LogP contribution in [-0.4, -0.2) is 24.1 Å². The fourth-order valence-corrected chi connectivity index (χ4v) is 9.74. The number of hydrogen-bond donors (Lipinski definition) is 0. The van der Waals surface area contributed by atoms with Gasteiger partial charge in [0.1, 0.15) is 0 Å². The van der Waals surface area contributed by atoms with Gasteiger partial charge in [0, 0.05) is 64.1 Å². The van der Waals surface area contributed by atoms with Gasteiger partial charge < -0.3 is 9.13 Å². The second-order valence-corrected chi connectivity index (χ2v) is 15.5. The minimum atomic E-state index is 0.611. The first-order valence-corrected chi connectivity index (χ1v) is 19.9. The van der Waals surface area contributed by atoms with E-state index >= 15 is 0 Å². The molecule has 0 aliphatic heterocycles. The normalized spacial score (nSPS) is 11.9. The summed E-state index contributed by atoms with van der Waals surface area (Å²) in [6, 6.07) is 66.7. The minimum Gasteiger partial charge on any atom is -0.309 e. The first-order valence-electron chi connectivity index (χ1n) is 19.1. The first kappa shape index (κ1) is 31.9. The van der Waals surface area contributed by atoms with E-state index in [1.54, 1.807) is 0 Å². The van der Waals surface area contributed by atoms with Crippen molar-refractivity contribution in [3.63, 3.8) is 0 Å². The summed E-state index contributed by atoms with van der Waals surface area (Å²) in [5, 5.41) is 7.42. The van der Waals surface area contributed by atoms with Crippen molar-refractivity contribution < 1.29 is 0 Å². The first-order chi connectivity index (χ1) is 28.3. The number of thiophene rings is 1. The molecule has 0 atom stereocenters. The van der Waals surface area contributed by atoms with Crippen LogP contribution in [0.15, 0.2) is 188 Å². The van der Waals surface area contributed by atoms with Crippen LogP contribution < -0.4 is 0 Å². The van der Waals surface area contributed by atoms with E-state index in [1.807, 2.05) is 47.7 Å². The highest BCUT2D eigenvalue weighted by atomic mass is 32.1. The average molecular weight is 746 g/mol. The fraction of sp³-hybridized carbons (Fsp3) is 0. The van der Waals surface area contributed by atoms with Crippen LogP contribution in [0.3, 0.4) is 0 Å². The molecule has 4 heterocycles. The Hall–Kier alpha value is -7.41. The maximum absolute atomic E-state index is 5.24. The van der Waals surface area contributed by atoms with Gasteiger partial charge in [-0.05, 0) is 54.6 Å². The Morgan fingerprint density at radius 2 is 0.842 bits per heavy atom. The van der Waals surface area contributed by atoms with E-state index in [0.29, 0.717) is 17.5 Å². The lowest BCUT2D eigenvalue weighted by Gasteiger charge is -2.17. The molecule has 5 nitrogen and oxygen atoms in total. The lowest BCUT2D eigenvalue weighted by atomic mass is 10.1. The van der Waals surface area contributed by atoms with Crippen molar-refractivity contribution in [2.75, 3.05) is 0 Å². The molecule has 266 valence electrons. The summed E-state index contributed by atoms with van der Waals surface area (Å²) >= 11 is 1.86. The molecule has 0 N–H and O–H groups in total. The van der Waals surface area contributed by atoms with Crippen molar-refractivity contribution in [1.29, 1.82) is 0 Å². The Kier molecular flexibility index (Phi) is 7.03. The molecule has 0 spiro atoms. The molecule has 0 saturated heterocycles. The Morgan fingerprint density at radius 1 is 0.333 bits per heavy atom. The molecule has 0 aliphatic carbocycles. The van der Waals surface area contributed by atoms with E-state index in [1.165, 1.54) is 47.2 Å². The number of nitrogens with zero attached hydrogens (tertiary/aromatic N) is 5. The summed E-state index contributed by atoms with van der Waals surface area (Å²) in [6.07, 6.45) is 0. The van der Waals surface area contributed by atoms with Crippen LogP contribution in [-0.2, 0) is 0 Å². The third-order valence-corrected chi connectivity index (χ3v) is 12.3. The average Bonchev–Trinajstić information content (AvgIpc) is 3.93. The molecule has 0 amide bonds. The Morgan fingerprint density at radius 3 is 1.47 bits per heavy atom. The van der Waals surface area contributed by atoms with Gasteiger partial charge in [-0.1, -0.05) is 133 Å². The number of para-hydroxylation sites is 3. The molecule has 0 aliphatic rings. The molecular formula is C51H31N5S. The van der Waals surface area contributed by atoms with Crippen molar-refractivity contribution in [3.8, 4) is 45.5 Å². The van der Waals surface area contributed by atoms with Gasteiger partial charge in [0.25, 0.3) is 0 Å². The number of fused-ring (bicyclic) bond motifs is 9. The van der Waals surface area contributed by atoms with Gasteiger partial charge in [-0.25, -0.2) is 15.0 Å². The van der Waals surface area contributed by atoms with Gasteiger partial charge >= 0.3 is 0 Å². The van der Waals surface area contributed by atoms with E-state index in [9.17, 15) is 0 Å². The molecule has 57 heavy (non-hydrogen) atoms. The molecule has 0 bridgehead atoms. The van der Waals surface area contributed by atoms with E-state index in [-0.39, 0.29) is 0 Å². The number of hydrogen-bond acceptors (Lipinski definition) is 4. The second kappa shape index (κ2) is 12.6. The SMILES string of the molecule is c1ccc(-c2nc(-c3ccccc3)nc(-c3ccc(-n4c5ccccc5c5cc6sc7ccccc7c6cc54)cc3-n3c4ccccc4c4ccccc43)n2)cc1. The van der Waals surface area contributed by atoms with E-state index in [4.69, 9.17) is 15.0 Å². The molecule has 0 radical (unpaired) electrons. The number of aromatic nitrogens is 5. The zero-order valence-corrected chi connectivity index (χ0v) is 31.4. The van der Waals surface area contributed by atoms with Crippen LogP contribution in [0.2, 0.25) is 0 Å². The van der Waals surface area contributed by atoms with Crippen molar-refractivity contribution >= 4 is 75.1 Å². The molecule has 12 rings (SSSR count). The number of rotatable bonds is 5. The Balaban J connectivity index is 1.19. The molecular weight excluding hydrogens is 715 g/mol. The minimum absolute atomic E-state index is 0.611. The second-order valence-electron chi connectivity index (χ2n) is 14.4. The summed E-state index contributed by atoms with van der Waals surface area (Å²) in [5.74, 6) is 1.87. The van der Waals surface area contributed by atoms with Crippen molar-refractivity contribution in [2.45, 2.75) is 0 Å². The Labute approximate surface area is 331 Å². The summed E-state index contributed by atoms with van der Waals surface area (Å²) in [4.78, 5) is 15.5. The smallest absolute Gasteiger partial charge is 0.166 e. The van der Waals surface area contributed by atoms with Crippen LogP contribution >= 0.6 is 11.3 Å². The van der Waals surface area contributed by atoms with Crippen LogP contribution in [0.5, 0.6) is 0 Å². The summed E-state index contributed by atoms with van der Waals surface area (Å²) in [6.45, 7) is 0. The van der Waals surface area contributed by atoms with Gasteiger partial charge in [-0.2, -0.15) is 0 Å². The van der Waals surface area contributed by atoms with E-state index in [0.717, 1.165) is 44.6 Å². The topological polar surface area (TPSA) is 48.5 Å². The van der Waals surface area contributed by atoms with E-state index < -0.39 is 0 Å². The van der Waals surface area contributed by atoms with Crippen molar-refractivity contribution in [3.05, 3.63) is 188 Å². The van der Waals surface area contributed by atoms with Gasteiger partial charge in [-0.15, -0.1) is 11.3 Å². The number of benzene rings is 8. The predicted molar refractivity (Wildman–Crippen MR) is 238 cm³/mol. The lowest BCUT2D eigenvalue weighted by molar-refractivity contribution is 1.06. The highest BCUT2D eigenvalue weighted by Gasteiger charge is 2.22.